The van der Waals surface area contributed by atoms with Crippen LogP contribution in [0, 0.1) is 0 Å². The van der Waals surface area contributed by atoms with Crippen molar-refractivity contribution < 1.29 is 23.0 Å². The number of carbonyl (C=O) groups excluding carboxylic acids is 1. The molecule has 0 atom stereocenters. The van der Waals surface area contributed by atoms with Crippen molar-refractivity contribution in [3.63, 3.8) is 0 Å². The molecular formula is C17H11F2NO3. The lowest BCUT2D eigenvalue weighted by Crippen LogP contribution is -2.04. The molecule has 6 heteroatoms. The molecule has 1 aliphatic rings. The van der Waals surface area contributed by atoms with E-state index in [1.807, 2.05) is 18.2 Å². The number of hydrogen-bond acceptors (Lipinski definition) is 4. The van der Waals surface area contributed by atoms with Gasteiger partial charge in [0.25, 0.3) is 0 Å². The molecule has 4 nitrogen and oxygen atoms in total. The molecule has 2 aromatic carbocycles. The van der Waals surface area contributed by atoms with Crippen molar-refractivity contribution in [1.29, 1.82) is 0 Å². The van der Waals surface area contributed by atoms with Gasteiger partial charge < -0.3 is 9.47 Å². The summed E-state index contributed by atoms with van der Waals surface area (Å²) in [4.78, 5) is 16.0. The van der Waals surface area contributed by atoms with Crippen LogP contribution in [0.15, 0.2) is 65.3 Å². The lowest BCUT2D eigenvalue weighted by molar-refractivity contribution is -0.129. The van der Waals surface area contributed by atoms with Crippen molar-refractivity contribution in [2.24, 2.45) is 4.99 Å². The summed E-state index contributed by atoms with van der Waals surface area (Å²) in [6.07, 6.45) is 1.52. The summed E-state index contributed by atoms with van der Waals surface area (Å²) in [5.41, 5.74) is 1.47. The predicted molar refractivity (Wildman–Crippen MR) is 80.1 cm³/mol. The van der Waals surface area contributed by atoms with Crippen LogP contribution in [0.3, 0.4) is 0 Å². The molecule has 116 valence electrons. The number of benzene rings is 2. The molecule has 0 N–H and O–H groups in total. The van der Waals surface area contributed by atoms with Crippen LogP contribution in [0.25, 0.3) is 6.08 Å². The zero-order chi connectivity index (χ0) is 16.2. The molecule has 0 fully saturated rings. The fraction of sp³-hybridized carbons (Fsp3) is 0.0588. The molecule has 23 heavy (non-hydrogen) atoms. The van der Waals surface area contributed by atoms with Crippen LogP contribution < -0.4 is 4.74 Å². The number of rotatable bonds is 4. The van der Waals surface area contributed by atoms with Crippen LogP contribution in [0.1, 0.15) is 11.1 Å². The molecule has 1 heterocycles. The van der Waals surface area contributed by atoms with Gasteiger partial charge in [0.1, 0.15) is 5.75 Å². The number of nitrogens with zero attached hydrogens (tertiary/aromatic N) is 1. The second kappa shape index (κ2) is 6.39. The highest BCUT2D eigenvalue weighted by Gasteiger charge is 2.23. The first kappa shape index (κ1) is 14.9. The molecule has 0 unspecified atom stereocenters. The minimum atomic E-state index is -2.87. The van der Waals surface area contributed by atoms with E-state index in [2.05, 4.69) is 9.73 Å². The van der Waals surface area contributed by atoms with E-state index in [0.29, 0.717) is 11.1 Å². The summed E-state index contributed by atoms with van der Waals surface area (Å²) in [5, 5.41) is 0. The average Bonchev–Trinajstić information content (AvgIpc) is 2.91. The van der Waals surface area contributed by atoms with Gasteiger partial charge in [-0.1, -0.05) is 30.3 Å². The van der Waals surface area contributed by atoms with Gasteiger partial charge >= 0.3 is 12.6 Å². The third-order valence-electron chi connectivity index (χ3n) is 3.05. The lowest BCUT2D eigenvalue weighted by Gasteiger charge is -2.03. The van der Waals surface area contributed by atoms with E-state index < -0.39 is 12.6 Å². The van der Waals surface area contributed by atoms with Gasteiger partial charge in [0, 0.05) is 5.56 Å². The number of aliphatic imine (C=N–C) groups is 1. The second-order valence-electron chi connectivity index (χ2n) is 4.65. The van der Waals surface area contributed by atoms with Gasteiger partial charge in [-0.2, -0.15) is 8.78 Å². The average molecular weight is 315 g/mol. The van der Waals surface area contributed by atoms with E-state index in [1.54, 1.807) is 24.3 Å². The Morgan fingerprint density at radius 3 is 2.39 bits per heavy atom. The monoisotopic (exact) mass is 315 g/mol. The van der Waals surface area contributed by atoms with E-state index in [9.17, 15) is 13.6 Å². The van der Waals surface area contributed by atoms with Crippen LogP contribution in [0.2, 0.25) is 0 Å². The van der Waals surface area contributed by atoms with Crippen molar-refractivity contribution in [3.05, 3.63) is 71.4 Å². The van der Waals surface area contributed by atoms with E-state index in [0.717, 1.165) is 0 Å². The molecule has 1 aliphatic heterocycles. The van der Waals surface area contributed by atoms with E-state index in [-0.39, 0.29) is 17.3 Å². The van der Waals surface area contributed by atoms with Crippen LogP contribution in [-0.2, 0) is 9.53 Å². The highest BCUT2D eigenvalue weighted by Crippen LogP contribution is 2.21. The summed E-state index contributed by atoms with van der Waals surface area (Å²) >= 11 is 0. The van der Waals surface area contributed by atoms with Gasteiger partial charge in [-0.25, -0.2) is 9.79 Å². The fourth-order valence-electron chi connectivity index (χ4n) is 2.02. The zero-order valence-corrected chi connectivity index (χ0v) is 11.8. The molecule has 0 saturated carbocycles. The molecule has 0 radical (unpaired) electrons. The van der Waals surface area contributed by atoms with E-state index in [4.69, 9.17) is 4.74 Å². The Kier molecular flexibility index (Phi) is 4.14. The van der Waals surface area contributed by atoms with Gasteiger partial charge in [-0.05, 0) is 35.9 Å². The first-order chi connectivity index (χ1) is 11.1. The van der Waals surface area contributed by atoms with Crippen LogP contribution in [-0.4, -0.2) is 18.5 Å². The fourth-order valence-corrected chi connectivity index (χ4v) is 2.02. The molecule has 0 aliphatic carbocycles. The number of carbonyl (C=O) groups is 1. The normalized spacial score (nSPS) is 15.7. The number of hydrogen-bond donors (Lipinski definition) is 0. The Morgan fingerprint density at radius 1 is 1.04 bits per heavy atom. The lowest BCUT2D eigenvalue weighted by atomic mass is 10.2. The quantitative estimate of drug-likeness (QED) is 0.639. The van der Waals surface area contributed by atoms with Crippen molar-refractivity contribution in [2.75, 3.05) is 0 Å². The smallest absolute Gasteiger partial charge is 0.387 e. The second-order valence-corrected chi connectivity index (χ2v) is 4.65. The maximum absolute atomic E-state index is 12.1. The zero-order valence-electron chi connectivity index (χ0n) is 11.8. The Balaban J connectivity index is 1.82. The molecule has 0 bridgehead atoms. The molecule has 0 spiro atoms. The summed E-state index contributed by atoms with van der Waals surface area (Å²) in [5.74, 6) is -0.277. The van der Waals surface area contributed by atoms with Crippen LogP contribution in [0.4, 0.5) is 8.78 Å². The van der Waals surface area contributed by atoms with Crippen LogP contribution >= 0.6 is 0 Å². The number of halogens is 2. The van der Waals surface area contributed by atoms with Gasteiger partial charge in [0.05, 0.1) is 0 Å². The van der Waals surface area contributed by atoms with Gasteiger partial charge in [-0.15, -0.1) is 0 Å². The molecule has 3 rings (SSSR count). The minimum Gasteiger partial charge on any atom is -0.435 e. The predicted octanol–water partition coefficient (Wildman–Crippen LogP) is 3.63. The highest BCUT2D eigenvalue weighted by atomic mass is 19.3. The van der Waals surface area contributed by atoms with Crippen molar-refractivity contribution in [2.45, 2.75) is 6.61 Å². The Morgan fingerprint density at radius 2 is 1.74 bits per heavy atom. The number of alkyl halides is 2. The maximum Gasteiger partial charge on any atom is 0.387 e. The Hall–Kier alpha value is -3.02. The van der Waals surface area contributed by atoms with Gasteiger partial charge in [0.2, 0.25) is 5.90 Å². The first-order valence-electron chi connectivity index (χ1n) is 6.75. The maximum atomic E-state index is 12.1. The van der Waals surface area contributed by atoms with Crippen LogP contribution in [0.5, 0.6) is 5.75 Å². The minimum absolute atomic E-state index is 0.0459. The Bertz CT molecular complexity index is 768. The standard InChI is InChI=1S/C17H11F2NO3/c18-17(19)22-13-8-6-11(7-9-13)10-14-16(21)23-15(20-14)12-4-2-1-3-5-12/h1-10,17H. The summed E-state index contributed by atoms with van der Waals surface area (Å²) in [6.45, 7) is -2.87. The third-order valence-corrected chi connectivity index (χ3v) is 3.05. The molecular weight excluding hydrogens is 304 g/mol. The van der Waals surface area contributed by atoms with E-state index >= 15 is 0 Å². The highest BCUT2D eigenvalue weighted by molar-refractivity contribution is 6.12. The third kappa shape index (κ3) is 3.60. The van der Waals surface area contributed by atoms with Gasteiger partial charge in [0.15, 0.2) is 5.70 Å². The SMILES string of the molecule is O=C1OC(c2ccccc2)=NC1=Cc1ccc(OC(F)F)cc1. The van der Waals surface area contributed by atoms with Gasteiger partial charge in [-0.3, -0.25) is 0 Å². The molecule has 2 aromatic rings. The number of esters is 1. The summed E-state index contributed by atoms with van der Waals surface area (Å²) < 4.78 is 33.6. The van der Waals surface area contributed by atoms with E-state index in [1.165, 1.54) is 18.2 Å². The van der Waals surface area contributed by atoms with Crippen molar-refractivity contribution >= 4 is 17.9 Å². The molecule has 0 saturated heterocycles. The van der Waals surface area contributed by atoms with Crippen molar-refractivity contribution in [1.82, 2.24) is 0 Å². The summed E-state index contributed by atoms with van der Waals surface area (Å²) in [7, 11) is 0. The molecule has 0 amide bonds. The number of ether oxygens (including phenoxy) is 2. The Labute approximate surface area is 130 Å². The van der Waals surface area contributed by atoms with Crippen molar-refractivity contribution in [3.8, 4) is 5.75 Å². The largest absolute Gasteiger partial charge is 0.435 e. The molecule has 0 aromatic heterocycles. The topological polar surface area (TPSA) is 47.9 Å². The first-order valence-corrected chi connectivity index (χ1v) is 6.75. The number of cyclic esters (lactones) is 1. The summed E-state index contributed by atoms with van der Waals surface area (Å²) in [6, 6.07) is 14.9.